The second kappa shape index (κ2) is 5.03. The summed E-state index contributed by atoms with van der Waals surface area (Å²) in [5.74, 6) is 3.20. The molecule has 3 heteroatoms. The number of ether oxygens (including phenoxy) is 1. The SMILES string of the molecule is OC(Cc1cc(Br)cc2c1OCC2)C1C2CCCCC21. The van der Waals surface area contributed by atoms with Crippen LogP contribution in [0.15, 0.2) is 16.6 Å². The third-order valence-corrected chi connectivity index (χ3v) is 5.88. The molecule has 1 aromatic carbocycles. The number of aliphatic hydroxyl groups is 1. The summed E-state index contributed by atoms with van der Waals surface area (Å²) in [5.41, 5.74) is 2.47. The molecule has 1 aliphatic heterocycles. The number of benzene rings is 1. The van der Waals surface area contributed by atoms with Crippen LogP contribution in [0.2, 0.25) is 0 Å². The van der Waals surface area contributed by atoms with E-state index in [2.05, 4.69) is 28.1 Å². The predicted octanol–water partition coefficient (Wildman–Crippen LogP) is 3.72. The summed E-state index contributed by atoms with van der Waals surface area (Å²) >= 11 is 3.58. The Morgan fingerprint density at radius 1 is 1.25 bits per heavy atom. The fourth-order valence-electron chi connectivity index (χ4n) is 4.48. The van der Waals surface area contributed by atoms with E-state index in [4.69, 9.17) is 4.74 Å². The molecule has 0 amide bonds. The summed E-state index contributed by atoms with van der Waals surface area (Å²) in [6.07, 6.45) is 6.94. The molecule has 3 unspecified atom stereocenters. The Bertz CT molecular complexity index is 516. The van der Waals surface area contributed by atoms with Gasteiger partial charge in [0.2, 0.25) is 0 Å². The number of hydrogen-bond acceptors (Lipinski definition) is 2. The minimum atomic E-state index is -0.189. The maximum Gasteiger partial charge on any atom is 0.125 e. The summed E-state index contributed by atoms with van der Waals surface area (Å²) in [4.78, 5) is 0. The highest BCUT2D eigenvalue weighted by Gasteiger charge is 2.53. The Labute approximate surface area is 128 Å². The number of halogens is 1. The molecule has 20 heavy (non-hydrogen) atoms. The second-order valence-corrected chi connectivity index (χ2v) is 7.53. The van der Waals surface area contributed by atoms with E-state index in [1.165, 1.54) is 36.8 Å². The van der Waals surface area contributed by atoms with Gasteiger partial charge in [-0.15, -0.1) is 0 Å². The molecule has 1 aromatic rings. The lowest BCUT2D eigenvalue weighted by atomic mass is 9.99. The highest BCUT2D eigenvalue weighted by atomic mass is 79.9. The molecule has 0 spiro atoms. The summed E-state index contributed by atoms with van der Waals surface area (Å²) in [6.45, 7) is 0.781. The predicted molar refractivity (Wildman–Crippen MR) is 82.0 cm³/mol. The molecule has 4 rings (SSSR count). The fraction of sp³-hybridized carbons (Fsp3) is 0.647. The van der Waals surface area contributed by atoms with Crippen molar-refractivity contribution in [1.82, 2.24) is 0 Å². The van der Waals surface area contributed by atoms with Gasteiger partial charge in [-0.2, -0.15) is 0 Å². The molecule has 108 valence electrons. The largest absolute Gasteiger partial charge is 0.493 e. The van der Waals surface area contributed by atoms with Gasteiger partial charge in [-0.1, -0.05) is 28.8 Å². The monoisotopic (exact) mass is 336 g/mol. The molecule has 0 saturated heterocycles. The maximum atomic E-state index is 10.6. The molecule has 1 N–H and O–H groups in total. The second-order valence-electron chi connectivity index (χ2n) is 6.61. The van der Waals surface area contributed by atoms with E-state index in [1.807, 2.05) is 0 Å². The Morgan fingerprint density at radius 3 is 2.75 bits per heavy atom. The zero-order chi connectivity index (χ0) is 13.7. The van der Waals surface area contributed by atoms with Gasteiger partial charge in [0.05, 0.1) is 12.7 Å². The molecular weight excluding hydrogens is 316 g/mol. The van der Waals surface area contributed by atoms with E-state index >= 15 is 0 Å². The third kappa shape index (κ3) is 2.19. The zero-order valence-electron chi connectivity index (χ0n) is 11.6. The zero-order valence-corrected chi connectivity index (χ0v) is 13.2. The van der Waals surface area contributed by atoms with Crippen molar-refractivity contribution in [2.45, 2.75) is 44.6 Å². The van der Waals surface area contributed by atoms with Gasteiger partial charge in [0, 0.05) is 17.3 Å². The van der Waals surface area contributed by atoms with Crippen molar-refractivity contribution < 1.29 is 9.84 Å². The molecule has 3 atom stereocenters. The first kappa shape index (κ1) is 13.1. The van der Waals surface area contributed by atoms with E-state index in [-0.39, 0.29) is 6.10 Å². The van der Waals surface area contributed by atoms with E-state index in [0.717, 1.165) is 41.5 Å². The van der Waals surface area contributed by atoms with Crippen LogP contribution >= 0.6 is 15.9 Å². The first-order chi connectivity index (χ1) is 9.74. The lowest BCUT2D eigenvalue weighted by Crippen LogP contribution is -2.15. The average molecular weight is 337 g/mol. The Balaban J connectivity index is 1.52. The van der Waals surface area contributed by atoms with Gasteiger partial charge in [0.25, 0.3) is 0 Å². The van der Waals surface area contributed by atoms with Crippen LogP contribution in [-0.2, 0) is 12.8 Å². The van der Waals surface area contributed by atoms with Crippen molar-refractivity contribution in [1.29, 1.82) is 0 Å². The average Bonchev–Trinajstić information content (AvgIpc) is 2.98. The van der Waals surface area contributed by atoms with Gasteiger partial charge in [0.1, 0.15) is 5.75 Å². The molecule has 2 saturated carbocycles. The molecule has 3 aliphatic rings. The first-order valence-corrected chi connectivity index (χ1v) is 8.65. The number of fused-ring (bicyclic) bond motifs is 2. The van der Waals surface area contributed by atoms with Crippen LogP contribution in [0.5, 0.6) is 5.75 Å². The van der Waals surface area contributed by atoms with Crippen molar-refractivity contribution in [3.63, 3.8) is 0 Å². The molecule has 2 fully saturated rings. The van der Waals surface area contributed by atoms with Crippen LogP contribution in [0.25, 0.3) is 0 Å². The van der Waals surface area contributed by atoms with Crippen LogP contribution in [0.4, 0.5) is 0 Å². The summed E-state index contributed by atoms with van der Waals surface area (Å²) in [5, 5.41) is 10.6. The van der Waals surface area contributed by atoms with Gasteiger partial charge < -0.3 is 9.84 Å². The van der Waals surface area contributed by atoms with E-state index in [1.54, 1.807) is 0 Å². The molecular formula is C17H21BrO2. The van der Waals surface area contributed by atoms with Crippen LogP contribution in [0, 0.1) is 17.8 Å². The topological polar surface area (TPSA) is 29.5 Å². The van der Waals surface area contributed by atoms with Gasteiger partial charge in [-0.25, -0.2) is 0 Å². The van der Waals surface area contributed by atoms with Crippen molar-refractivity contribution in [3.05, 3.63) is 27.7 Å². The Hall–Kier alpha value is -0.540. The van der Waals surface area contributed by atoms with Gasteiger partial charge >= 0.3 is 0 Å². The van der Waals surface area contributed by atoms with Crippen molar-refractivity contribution in [3.8, 4) is 5.75 Å². The minimum Gasteiger partial charge on any atom is -0.493 e. The van der Waals surface area contributed by atoms with Crippen LogP contribution < -0.4 is 4.74 Å². The van der Waals surface area contributed by atoms with Crippen LogP contribution in [0.1, 0.15) is 36.8 Å². The smallest absolute Gasteiger partial charge is 0.125 e. The number of hydrogen-bond donors (Lipinski definition) is 1. The van der Waals surface area contributed by atoms with Crippen LogP contribution in [0.3, 0.4) is 0 Å². The molecule has 2 aliphatic carbocycles. The van der Waals surface area contributed by atoms with E-state index in [0.29, 0.717) is 5.92 Å². The van der Waals surface area contributed by atoms with Gasteiger partial charge in [-0.05, 0) is 53.9 Å². The van der Waals surface area contributed by atoms with Crippen LogP contribution in [-0.4, -0.2) is 17.8 Å². The fourth-order valence-corrected chi connectivity index (χ4v) is 5.03. The highest BCUT2D eigenvalue weighted by Crippen LogP contribution is 2.57. The Morgan fingerprint density at radius 2 is 2.00 bits per heavy atom. The minimum absolute atomic E-state index is 0.189. The Kier molecular flexibility index (Phi) is 3.30. The summed E-state index contributed by atoms with van der Waals surface area (Å²) in [7, 11) is 0. The first-order valence-electron chi connectivity index (χ1n) is 7.86. The molecule has 0 aromatic heterocycles. The molecule has 0 bridgehead atoms. The lowest BCUT2D eigenvalue weighted by Gasteiger charge is -2.14. The lowest BCUT2D eigenvalue weighted by molar-refractivity contribution is 0.139. The summed E-state index contributed by atoms with van der Waals surface area (Å²) < 4.78 is 6.88. The summed E-state index contributed by atoms with van der Waals surface area (Å²) in [6, 6.07) is 4.27. The van der Waals surface area contributed by atoms with Crippen molar-refractivity contribution in [2.24, 2.45) is 17.8 Å². The number of rotatable bonds is 3. The van der Waals surface area contributed by atoms with Gasteiger partial charge in [-0.3, -0.25) is 0 Å². The van der Waals surface area contributed by atoms with E-state index in [9.17, 15) is 5.11 Å². The van der Waals surface area contributed by atoms with Crippen molar-refractivity contribution >= 4 is 15.9 Å². The van der Waals surface area contributed by atoms with Crippen molar-refractivity contribution in [2.75, 3.05) is 6.61 Å². The maximum absolute atomic E-state index is 10.6. The third-order valence-electron chi connectivity index (χ3n) is 5.42. The standard InChI is InChI=1S/C17H21BrO2/c18-12-7-10-5-6-20-17(10)11(8-12)9-15(19)16-13-3-1-2-4-14(13)16/h7-8,13-16,19H,1-6,9H2. The molecule has 1 heterocycles. The normalized spacial score (nSPS) is 32.2. The highest BCUT2D eigenvalue weighted by molar-refractivity contribution is 9.10. The molecule has 2 nitrogen and oxygen atoms in total. The van der Waals surface area contributed by atoms with E-state index < -0.39 is 0 Å². The quantitative estimate of drug-likeness (QED) is 0.911. The number of aliphatic hydroxyl groups excluding tert-OH is 1. The van der Waals surface area contributed by atoms with Gasteiger partial charge in [0.15, 0.2) is 0 Å². The molecule has 0 radical (unpaired) electrons.